The minimum absolute atomic E-state index is 0.777. The first-order valence-electron chi connectivity index (χ1n) is 8.06. The van der Waals surface area contributed by atoms with Crippen LogP contribution in [0.1, 0.15) is 30.9 Å². The molecule has 0 saturated carbocycles. The summed E-state index contributed by atoms with van der Waals surface area (Å²) < 4.78 is 5.58. The van der Waals surface area contributed by atoms with E-state index in [0.717, 1.165) is 31.2 Å². The van der Waals surface area contributed by atoms with Gasteiger partial charge in [-0.05, 0) is 56.1 Å². The average Bonchev–Trinajstić information content (AvgIpc) is 2.96. The summed E-state index contributed by atoms with van der Waals surface area (Å²) in [4.78, 5) is 2.66. The Kier molecular flexibility index (Phi) is 4.58. The number of ether oxygens (including phenoxy) is 1. The molecular weight excluding hydrogens is 248 g/mol. The van der Waals surface area contributed by atoms with E-state index >= 15 is 0 Å². The van der Waals surface area contributed by atoms with Gasteiger partial charge in [0.1, 0.15) is 5.75 Å². The third-order valence-corrected chi connectivity index (χ3v) is 4.67. The molecule has 0 spiro atoms. The highest BCUT2D eigenvalue weighted by Gasteiger charge is 2.19. The second-order valence-corrected chi connectivity index (χ2v) is 5.90. The molecule has 1 aromatic rings. The van der Waals surface area contributed by atoms with Gasteiger partial charge in [-0.25, -0.2) is 0 Å². The number of fused-ring (bicyclic) bond motifs is 1. The molecule has 2 aliphatic heterocycles. The number of hydrogen-bond donors (Lipinski definition) is 1. The van der Waals surface area contributed by atoms with Crippen molar-refractivity contribution in [2.45, 2.75) is 38.6 Å². The molecule has 1 saturated heterocycles. The lowest BCUT2D eigenvalue weighted by molar-refractivity contribution is 0.172. The molecule has 3 heteroatoms. The van der Waals surface area contributed by atoms with Gasteiger partial charge in [0.2, 0.25) is 0 Å². The van der Waals surface area contributed by atoms with E-state index in [9.17, 15) is 0 Å². The van der Waals surface area contributed by atoms with Crippen LogP contribution in [0.4, 0.5) is 0 Å². The molecule has 0 aromatic heterocycles. The van der Waals surface area contributed by atoms with E-state index in [1.54, 1.807) is 0 Å². The fourth-order valence-electron chi connectivity index (χ4n) is 3.44. The van der Waals surface area contributed by atoms with Gasteiger partial charge < -0.3 is 15.0 Å². The second-order valence-electron chi connectivity index (χ2n) is 5.90. The minimum Gasteiger partial charge on any atom is -0.493 e. The van der Waals surface area contributed by atoms with Crippen molar-refractivity contribution in [1.29, 1.82) is 0 Å². The predicted octanol–water partition coefficient (Wildman–Crippen LogP) is 2.24. The van der Waals surface area contributed by atoms with Crippen molar-refractivity contribution in [2.24, 2.45) is 0 Å². The van der Waals surface area contributed by atoms with Gasteiger partial charge in [-0.15, -0.1) is 0 Å². The van der Waals surface area contributed by atoms with Crippen molar-refractivity contribution < 1.29 is 4.74 Å². The van der Waals surface area contributed by atoms with Crippen molar-refractivity contribution in [2.75, 3.05) is 32.8 Å². The maximum Gasteiger partial charge on any atom is 0.122 e. The third-order valence-electron chi connectivity index (χ3n) is 4.67. The van der Waals surface area contributed by atoms with Gasteiger partial charge in [-0.2, -0.15) is 0 Å². The zero-order chi connectivity index (χ0) is 13.8. The summed E-state index contributed by atoms with van der Waals surface area (Å²) in [6, 6.07) is 7.51. The van der Waals surface area contributed by atoms with Gasteiger partial charge in [-0.1, -0.05) is 19.1 Å². The largest absolute Gasteiger partial charge is 0.493 e. The van der Waals surface area contributed by atoms with Gasteiger partial charge in [0.25, 0.3) is 0 Å². The maximum atomic E-state index is 5.58. The van der Waals surface area contributed by atoms with Crippen LogP contribution in [0, 0.1) is 0 Å². The Hall–Kier alpha value is -1.06. The molecule has 110 valence electrons. The molecule has 0 atom stereocenters. The van der Waals surface area contributed by atoms with Gasteiger partial charge in [0, 0.05) is 19.0 Å². The van der Waals surface area contributed by atoms with Crippen molar-refractivity contribution in [3.8, 4) is 5.75 Å². The van der Waals surface area contributed by atoms with Gasteiger partial charge in [-0.3, -0.25) is 0 Å². The van der Waals surface area contributed by atoms with E-state index in [-0.39, 0.29) is 0 Å². The fraction of sp³-hybridized carbons (Fsp3) is 0.647. The smallest absolute Gasteiger partial charge is 0.122 e. The van der Waals surface area contributed by atoms with Crippen LogP contribution in [-0.4, -0.2) is 43.7 Å². The molecule has 0 amide bonds. The maximum absolute atomic E-state index is 5.58. The number of hydrogen-bond acceptors (Lipinski definition) is 3. The third kappa shape index (κ3) is 3.15. The summed E-state index contributed by atoms with van der Waals surface area (Å²) in [5.41, 5.74) is 2.86. The number of likely N-dealkylation sites (N-methyl/N-ethyl adjacent to an activating group) is 1. The first-order chi connectivity index (χ1) is 9.86. The zero-order valence-corrected chi connectivity index (χ0v) is 12.5. The summed E-state index contributed by atoms with van der Waals surface area (Å²) >= 11 is 0. The molecule has 0 bridgehead atoms. The fourth-order valence-corrected chi connectivity index (χ4v) is 3.44. The van der Waals surface area contributed by atoms with E-state index in [1.165, 1.54) is 50.1 Å². The molecule has 1 N–H and O–H groups in total. The van der Waals surface area contributed by atoms with Crippen molar-refractivity contribution in [3.63, 3.8) is 0 Å². The topological polar surface area (TPSA) is 24.5 Å². The lowest BCUT2D eigenvalue weighted by Gasteiger charge is -2.33. The molecule has 0 aliphatic carbocycles. The Balaban J connectivity index is 1.57. The summed E-state index contributed by atoms with van der Waals surface area (Å²) in [6.07, 6.45) is 4.83. The lowest BCUT2D eigenvalue weighted by atomic mass is 10.0. The minimum atomic E-state index is 0.777. The van der Waals surface area contributed by atoms with Crippen LogP contribution < -0.4 is 10.1 Å². The first-order valence-corrected chi connectivity index (χ1v) is 8.06. The highest BCUT2D eigenvalue weighted by atomic mass is 16.5. The first kappa shape index (κ1) is 13.9. The van der Waals surface area contributed by atoms with E-state index in [0.29, 0.717) is 0 Å². The van der Waals surface area contributed by atoms with Crippen LogP contribution in [0.25, 0.3) is 0 Å². The molecule has 2 aliphatic rings. The molecule has 2 heterocycles. The van der Waals surface area contributed by atoms with Crippen LogP contribution in [0.2, 0.25) is 0 Å². The van der Waals surface area contributed by atoms with Gasteiger partial charge >= 0.3 is 0 Å². The quantitative estimate of drug-likeness (QED) is 0.891. The number of nitrogens with zero attached hydrogens (tertiary/aromatic N) is 1. The van der Waals surface area contributed by atoms with Crippen LogP contribution in [0.15, 0.2) is 18.2 Å². The van der Waals surface area contributed by atoms with Crippen LogP contribution >= 0.6 is 0 Å². The Morgan fingerprint density at radius 2 is 2.15 bits per heavy atom. The Morgan fingerprint density at radius 1 is 1.30 bits per heavy atom. The Labute approximate surface area is 122 Å². The number of rotatable bonds is 5. The van der Waals surface area contributed by atoms with Crippen molar-refractivity contribution in [1.82, 2.24) is 10.2 Å². The monoisotopic (exact) mass is 274 g/mol. The molecule has 3 rings (SSSR count). The molecule has 20 heavy (non-hydrogen) atoms. The summed E-state index contributed by atoms with van der Waals surface area (Å²) in [5.74, 6) is 1.10. The van der Waals surface area contributed by atoms with Crippen LogP contribution in [-0.2, 0) is 12.8 Å². The van der Waals surface area contributed by atoms with E-state index in [1.807, 2.05) is 0 Å². The summed E-state index contributed by atoms with van der Waals surface area (Å²) in [7, 11) is 0. The Bertz CT molecular complexity index is 441. The second kappa shape index (κ2) is 6.59. The zero-order valence-electron chi connectivity index (χ0n) is 12.5. The average molecular weight is 274 g/mol. The standard InChI is InChI=1S/C17H26N2O/c1-2-19(16-5-9-18-10-6-16)11-7-14-3-4-17-15(13-14)8-12-20-17/h3-4,13,16,18H,2,5-12H2,1H3. The van der Waals surface area contributed by atoms with Crippen LogP contribution in [0.5, 0.6) is 5.75 Å². The number of benzene rings is 1. The predicted molar refractivity (Wildman–Crippen MR) is 82.5 cm³/mol. The normalized spacial score (nSPS) is 19.1. The number of piperidine rings is 1. The van der Waals surface area contributed by atoms with Gasteiger partial charge in [0.15, 0.2) is 0 Å². The van der Waals surface area contributed by atoms with Crippen molar-refractivity contribution in [3.05, 3.63) is 29.3 Å². The molecule has 1 aromatic carbocycles. The SMILES string of the molecule is CCN(CCc1ccc2c(c1)CCO2)C1CCNCC1. The summed E-state index contributed by atoms with van der Waals surface area (Å²) in [5, 5.41) is 3.46. The van der Waals surface area contributed by atoms with E-state index in [2.05, 4.69) is 35.3 Å². The summed E-state index contributed by atoms with van der Waals surface area (Å²) in [6.45, 7) is 7.85. The lowest BCUT2D eigenvalue weighted by Crippen LogP contribution is -2.43. The molecule has 0 unspecified atom stereocenters. The molecule has 3 nitrogen and oxygen atoms in total. The highest BCUT2D eigenvalue weighted by Crippen LogP contribution is 2.26. The number of nitrogens with one attached hydrogen (secondary N) is 1. The molecule has 0 radical (unpaired) electrons. The molecular formula is C17H26N2O. The van der Waals surface area contributed by atoms with Crippen LogP contribution in [0.3, 0.4) is 0 Å². The van der Waals surface area contributed by atoms with E-state index in [4.69, 9.17) is 4.74 Å². The highest BCUT2D eigenvalue weighted by molar-refractivity contribution is 5.39. The van der Waals surface area contributed by atoms with E-state index < -0.39 is 0 Å². The van der Waals surface area contributed by atoms with Crippen molar-refractivity contribution >= 4 is 0 Å². The molecule has 1 fully saturated rings. The van der Waals surface area contributed by atoms with Gasteiger partial charge in [0.05, 0.1) is 6.61 Å². The Morgan fingerprint density at radius 3 is 2.95 bits per heavy atom.